The van der Waals surface area contributed by atoms with Gasteiger partial charge in [-0.25, -0.2) is 0 Å². The number of fused-ring (bicyclic) bond motifs is 1. The molecule has 0 saturated carbocycles. The average molecular weight is 291 g/mol. The molecule has 2 aromatic rings. The molecule has 1 atom stereocenters. The molecule has 0 saturated heterocycles. The standard InChI is InChI=1S/C20H21NO/c1-5-13-20(18-14(2)9-8-10-15(18)3)16-11-6-7-12-17(16)21(4)19(20)22/h5-12H,1,13H2,2-4H3/t20-/m1/s1. The van der Waals surface area contributed by atoms with Crippen molar-refractivity contribution in [3.8, 4) is 0 Å². The van der Waals surface area contributed by atoms with E-state index >= 15 is 0 Å². The van der Waals surface area contributed by atoms with Gasteiger partial charge in [-0.3, -0.25) is 4.79 Å². The number of benzene rings is 2. The molecule has 1 aliphatic heterocycles. The monoisotopic (exact) mass is 291 g/mol. The second-order valence-corrected chi connectivity index (χ2v) is 6.05. The number of rotatable bonds is 3. The van der Waals surface area contributed by atoms with Crippen molar-refractivity contribution in [1.29, 1.82) is 0 Å². The second-order valence-electron chi connectivity index (χ2n) is 6.05. The molecule has 1 amide bonds. The van der Waals surface area contributed by atoms with Crippen molar-refractivity contribution in [2.75, 3.05) is 11.9 Å². The molecule has 3 rings (SSSR count). The Labute approximate surface area is 132 Å². The maximum Gasteiger partial charge on any atom is 0.242 e. The van der Waals surface area contributed by atoms with Gasteiger partial charge in [0, 0.05) is 12.7 Å². The van der Waals surface area contributed by atoms with E-state index in [1.54, 1.807) is 4.90 Å². The number of anilines is 1. The molecule has 1 heterocycles. The number of likely N-dealkylation sites (N-methyl/N-ethyl adjacent to an activating group) is 1. The van der Waals surface area contributed by atoms with E-state index in [2.05, 4.69) is 38.6 Å². The van der Waals surface area contributed by atoms with Crippen LogP contribution < -0.4 is 4.90 Å². The van der Waals surface area contributed by atoms with E-state index in [9.17, 15) is 4.79 Å². The fourth-order valence-electron chi connectivity index (χ4n) is 3.88. The van der Waals surface area contributed by atoms with Crippen LogP contribution in [0.3, 0.4) is 0 Å². The minimum Gasteiger partial charge on any atom is -0.314 e. The zero-order valence-electron chi connectivity index (χ0n) is 13.4. The number of hydrogen-bond donors (Lipinski definition) is 0. The molecule has 0 radical (unpaired) electrons. The third kappa shape index (κ3) is 1.77. The summed E-state index contributed by atoms with van der Waals surface area (Å²) in [5.41, 5.74) is 4.86. The van der Waals surface area contributed by atoms with Crippen molar-refractivity contribution >= 4 is 11.6 Å². The first kappa shape index (κ1) is 14.6. The van der Waals surface area contributed by atoms with Gasteiger partial charge in [-0.05, 0) is 48.6 Å². The van der Waals surface area contributed by atoms with Crippen molar-refractivity contribution in [2.24, 2.45) is 0 Å². The van der Waals surface area contributed by atoms with Crippen molar-refractivity contribution in [2.45, 2.75) is 25.7 Å². The van der Waals surface area contributed by atoms with Gasteiger partial charge in [0.2, 0.25) is 5.91 Å². The summed E-state index contributed by atoms with van der Waals surface area (Å²) < 4.78 is 0. The lowest BCUT2D eigenvalue weighted by atomic mass is 9.70. The van der Waals surface area contributed by atoms with Gasteiger partial charge < -0.3 is 4.90 Å². The number of carbonyl (C=O) groups excluding carboxylic acids is 1. The molecule has 22 heavy (non-hydrogen) atoms. The second kappa shape index (κ2) is 5.13. The molecule has 0 N–H and O–H groups in total. The first-order valence-electron chi connectivity index (χ1n) is 7.59. The number of para-hydroxylation sites is 1. The predicted octanol–water partition coefficient (Wildman–Crippen LogP) is 4.14. The molecule has 0 spiro atoms. The fraction of sp³-hybridized carbons (Fsp3) is 0.250. The molecule has 0 unspecified atom stereocenters. The quantitative estimate of drug-likeness (QED) is 0.778. The van der Waals surface area contributed by atoms with Gasteiger partial charge >= 0.3 is 0 Å². The Kier molecular flexibility index (Phi) is 3.40. The number of aryl methyl sites for hydroxylation is 2. The Morgan fingerprint density at radius 1 is 1.09 bits per heavy atom. The number of amides is 1. The summed E-state index contributed by atoms with van der Waals surface area (Å²) in [5, 5.41) is 0. The van der Waals surface area contributed by atoms with Gasteiger partial charge in [-0.1, -0.05) is 42.5 Å². The van der Waals surface area contributed by atoms with Crippen molar-refractivity contribution < 1.29 is 4.79 Å². The van der Waals surface area contributed by atoms with Gasteiger partial charge in [0.25, 0.3) is 0 Å². The van der Waals surface area contributed by atoms with Crippen molar-refractivity contribution in [1.82, 2.24) is 0 Å². The minimum absolute atomic E-state index is 0.131. The molecule has 2 aromatic carbocycles. The average Bonchev–Trinajstić information content (AvgIpc) is 2.71. The SMILES string of the molecule is C=CC[C@@]1(c2c(C)cccc2C)C(=O)N(C)c2ccccc21. The Morgan fingerprint density at radius 2 is 1.73 bits per heavy atom. The highest BCUT2D eigenvalue weighted by atomic mass is 16.2. The van der Waals surface area contributed by atoms with E-state index in [0.717, 1.165) is 27.9 Å². The highest BCUT2D eigenvalue weighted by molar-refractivity contribution is 6.10. The van der Waals surface area contributed by atoms with E-state index < -0.39 is 5.41 Å². The predicted molar refractivity (Wildman–Crippen MR) is 91.4 cm³/mol. The van der Waals surface area contributed by atoms with Crippen LogP contribution in [0.15, 0.2) is 55.1 Å². The lowest BCUT2D eigenvalue weighted by Gasteiger charge is -2.31. The Morgan fingerprint density at radius 3 is 2.36 bits per heavy atom. The topological polar surface area (TPSA) is 20.3 Å². The van der Waals surface area contributed by atoms with Gasteiger partial charge in [0.15, 0.2) is 0 Å². The third-order valence-corrected chi connectivity index (χ3v) is 4.75. The van der Waals surface area contributed by atoms with E-state index in [1.165, 1.54) is 0 Å². The lowest BCUT2D eigenvalue weighted by molar-refractivity contribution is -0.121. The molecule has 2 nitrogen and oxygen atoms in total. The van der Waals surface area contributed by atoms with Crippen LogP contribution in [-0.2, 0) is 10.2 Å². The first-order chi connectivity index (χ1) is 10.5. The lowest BCUT2D eigenvalue weighted by Crippen LogP contribution is -2.40. The summed E-state index contributed by atoms with van der Waals surface area (Å²) in [7, 11) is 1.86. The van der Waals surface area contributed by atoms with E-state index in [-0.39, 0.29) is 5.91 Å². The highest BCUT2D eigenvalue weighted by Gasteiger charge is 2.51. The minimum atomic E-state index is -0.650. The fourth-order valence-corrected chi connectivity index (χ4v) is 3.88. The molecular weight excluding hydrogens is 270 g/mol. The zero-order chi connectivity index (χ0) is 15.9. The zero-order valence-corrected chi connectivity index (χ0v) is 13.4. The van der Waals surface area contributed by atoms with Crippen LogP contribution >= 0.6 is 0 Å². The maximum atomic E-state index is 13.3. The Bertz CT molecular complexity index is 742. The van der Waals surface area contributed by atoms with E-state index in [0.29, 0.717) is 6.42 Å². The normalized spacial score (nSPS) is 20.1. The number of hydrogen-bond acceptors (Lipinski definition) is 1. The molecule has 0 fully saturated rings. The Hall–Kier alpha value is -2.35. The molecular formula is C20H21NO. The number of allylic oxidation sites excluding steroid dienone is 1. The molecule has 0 bridgehead atoms. The third-order valence-electron chi connectivity index (χ3n) is 4.75. The van der Waals surface area contributed by atoms with Gasteiger partial charge in [0.1, 0.15) is 5.41 Å². The van der Waals surface area contributed by atoms with Crippen molar-refractivity contribution in [3.05, 3.63) is 77.4 Å². The van der Waals surface area contributed by atoms with Gasteiger partial charge in [0.05, 0.1) is 0 Å². The molecule has 0 aliphatic carbocycles. The van der Waals surface area contributed by atoms with Crippen LogP contribution in [0.25, 0.3) is 0 Å². The number of carbonyl (C=O) groups is 1. The smallest absolute Gasteiger partial charge is 0.242 e. The molecule has 1 aliphatic rings. The van der Waals surface area contributed by atoms with E-state index in [1.807, 2.05) is 37.4 Å². The summed E-state index contributed by atoms with van der Waals surface area (Å²) in [5.74, 6) is 0.131. The van der Waals surface area contributed by atoms with Crippen LogP contribution in [0.5, 0.6) is 0 Å². The number of nitrogens with zero attached hydrogens (tertiary/aromatic N) is 1. The summed E-state index contributed by atoms with van der Waals surface area (Å²) in [6, 6.07) is 14.3. The summed E-state index contributed by atoms with van der Waals surface area (Å²) in [4.78, 5) is 15.0. The summed E-state index contributed by atoms with van der Waals surface area (Å²) in [6.45, 7) is 8.09. The highest BCUT2D eigenvalue weighted by Crippen LogP contribution is 2.49. The van der Waals surface area contributed by atoms with Crippen LogP contribution in [0, 0.1) is 13.8 Å². The van der Waals surface area contributed by atoms with Crippen LogP contribution in [0.4, 0.5) is 5.69 Å². The van der Waals surface area contributed by atoms with Crippen molar-refractivity contribution in [3.63, 3.8) is 0 Å². The summed E-state index contributed by atoms with van der Waals surface area (Å²) in [6.07, 6.45) is 2.47. The van der Waals surface area contributed by atoms with Crippen LogP contribution in [0.1, 0.15) is 28.7 Å². The largest absolute Gasteiger partial charge is 0.314 e. The van der Waals surface area contributed by atoms with Gasteiger partial charge in [-0.15, -0.1) is 6.58 Å². The first-order valence-corrected chi connectivity index (χ1v) is 7.59. The van der Waals surface area contributed by atoms with Gasteiger partial charge in [-0.2, -0.15) is 0 Å². The maximum absolute atomic E-state index is 13.3. The van der Waals surface area contributed by atoms with E-state index in [4.69, 9.17) is 0 Å². The summed E-state index contributed by atoms with van der Waals surface area (Å²) >= 11 is 0. The molecule has 0 aromatic heterocycles. The molecule has 112 valence electrons. The molecule has 2 heteroatoms. The van der Waals surface area contributed by atoms with Crippen LogP contribution in [0.2, 0.25) is 0 Å². The Balaban J connectivity index is 2.40. The van der Waals surface area contributed by atoms with Crippen LogP contribution in [-0.4, -0.2) is 13.0 Å².